The summed E-state index contributed by atoms with van der Waals surface area (Å²) in [5.41, 5.74) is 3.64. The molecule has 0 bridgehead atoms. The minimum atomic E-state index is 0.153. The fourth-order valence-corrected chi connectivity index (χ4v) is 3.25. The van der Waals surface area contributed by atoms with Crippen LogP contribution in [0.2, 0.25) is 0 Å². The lowest BCUT2D eigenvalue weighted by molar-refractivity contribution is 0.0774. The zero-order valence-electron chi connectivity index (χ0n) is 12.9. The summed E-state index contributed by atoms with van der Waals surface area (Å²) in [6.45, 7) is 6.05. The first kappa shape index (κ1) is 14.5. The van der Waals surface area contributed by atoms with E-state index in [1.807, 2.05) is 18.0 Å². The van der Waals surface area contributed by atoms with Crippen molar-refractivity contribution in [2.45, 2.75) is 19.3 Å². The third-order valence-corrected chi connectivity index (χ3v) is 4.65. The average Bonchev–Trinajstić information content (AvgIpc) is 3.00. The second-order valence-electron chi connectivity index (χ2n) is 6.16. The van der Waals surface area contributed by atoms with E-state index in [1.54, 1.807) is 0 Å². The highest BCUT2D eigenvalue weighted by Gasteiger charge is 2.17. The van der Waals surface area contributed by atoms with Crippen LogP contribution in [0, 0.1) is 0 Å². The van der Waals surface area contributed by atoms with Crippen molar-refractivity contribution in [3.63, 3.8) is 0 Å². The molecule has 1 saturated heterocycles. The zero-order valence-corrected chi connectivity index (χ0v) is 12.9. The molecule has 1 aromatic rings. The molecule has 21 heavy (non-hydrogen) atoms. The zero-order chi connectivity index (χ0) is 14.7. The van der Waals surface area contributed by atoms with E-state index >= 15 is 0 Å². The molecule has 3 rings (SSSR count). The van der Waals surface area contributed by atoms with Crippen molar-refractivity contribution in [1.82, 2.24) is 15.1 Å². The van der Waals surface area contributed by atoms with Crippen molar-refractivity contribution in [2.75, 3.05) is 46.3 Å². The number of carbonyl (C=O) groups is 1. The number of fused-ring (bicyclic) bond motifs is 1. The summed E-state index contributed by atoms with van der Waals surface area (Å²) in [4.78, 5) is 16.8. The van der Waals surface area contributed by atoms with Crippen LogP contribution in [0.3, 0.4) is 0 Å². The molecule has 4 heteroatoms. The van der Waals surface area contributed by atoms with Gasteiger partial charge in [0.05, 0.1) is 0 Å². The van der Waals surface area contributed by atoms with Gasteiger partial charge in [0.15, 0.2) is 0 Å². The van der Waals surface area contributed by atoms with E-state index < -0.39 is 0 Å². The van der Waals surface area contributed by atoms with Gasteiger partial charge >= 0.3 is 0 Å². The minimum Gasteiger partial charge on any atom is -0.340 e. The maximum absolute atomic E-state index is 12.5. The summed E-state index contributed by atoms with van der Waals surface area (Å²) >= 11 is 0. The molecule has 1 aliphatic heterocycles. The van der Waals surface area contributed by atoms with E-state index in [0.29, 0.717) is 0 Å². The van der Waals surface area contributed by atoms with Gasteiger partial charge in [-0.1, -0.05) is 6.07 Å². The van der Waals surface area contributed by atoms with E-state index in [9.17, 15) is 4.79 Å². The second kappa shape index (κ2) is 6.58. The van der Waals surface area contributed by atoms with Crippen molar-refractivity contribution in [3.05, 3.63) is 34.9 Å². The van der Waals surface area contributed by atoms with E-state index in [2.05, 4.69) is 22.3 Å². The van der Waals surface area contributed by atoms with Gasteiger partial charge in [-0.15, -0.1) is 0 Å². The Morgan fingerprint density at radius 2 is 2.00 bits per heavy atom. The summed E-state index contributed by atoms with van der Waals surface area (Å²) in [5, 5.41) is 3.35. The molecule has 0 aromatic heterocycles. The molecule has 0 radical (unpaired) electrons. The van der Waals surface area contributed by atoms with Crippen molar-refractivity contribution >= 4 is 5.91 Å². The lowest BCUT2D eigenvalue weighted by Gasteiger charge is -2.29. The Hall–Kier alpha value is -1.39. The van der Waals surface area contributed by atoms with E-state index in [0.717, 1.165) is 51.3 Å². The van der Waals surface area contributed by atoms with Gasteiger partial charge in [0.25, 0.3) is 5.91 Å². The largest absolute Gasteiger partial charge is 0.340 e. The van der Waals surface area contributed by atoms with Gasteiger partial charge in [-0.05, 0) is 42.5 Å². The molecule has 1 heterocycles. The van der Waals surface area contributed by atoms with Crippen LogP contribution in [-0.2, 0) is 12.8 Å². The topological polar surface area (TPSA) is 35.6 Å². The maximum atomic E-state index is 12.5. The van der Waals surface area contributed by atoms with Gasteiger partial charge in [0, 0.05) is 51.9 Å². The maximum Gasteiger partial charge on any atom is 0.253 e. The number of benzene rings is 1. The molecule has 1 amide bonds. The Morgan fingerprint density at radius 1 is 1.24 bits per heavy atom. The Balaban J connectivity index is 1.56. The second-order valence-corrected chi connectivity index (χ2v) is 6.16. The van der Waals surface area contributed by atoms with Gasteiger partial charge in [-0.3, -0.25) is 9.69 Å². The third kappa shape index (κ3) is 3.44. The van der Waals surface area contributed by atoms with Gasteiger partial charge in [0.1, 0.15) is 0 Å². The SMILES string of the molecule is CN(CCN1CCNCC1)C(=O)c1ccc2c(c1)CCC2. The molecule has 0 saturated carbocycles. The van der Waals surface area contributed by atoms with Gasteiger partial charge < -0.3 is 10.2 Å². The number of nitrogens with one attached hydrogen (secondary N) is 1. The summed E-state index contributed by atoms with van der Waals surface area (Å²) in [5.74, 6) is 0.153. The first-order valence-corrected chi connectivity index (χ1v) is 8.04. The Labute approximate surface area is 127 Å². The van der Waals surface area contributed by atoms with Gasteiger partial charge in [0.2, 0.25) is 0 Å². The number of amides is 1. The quantitative estimate of drug-likeness (QED) is 0.902. The van der Waals surface area contributed by atoms with Crippen LogP contribution in [0.5, 0.6) is 0 Å². The number of hydrogen-bond acceptors (Lipinski definition) is 3. The number of aryl methyl sites for hydroxylation is 2. The van der Waals surface area contributed by atoms with Crippen LogP contribution >= 0.6 is 0 Å². The lowest BCUT2D eigenvalue weighted by atomic mass is 10.1. The number of rotatable bonds is 4. The molecule has 0 unspecified atom stereocenters. The van der Waals surface area contributed by atoms with Crippen molar-refractivity contribution in [2.24, 2.45) is 0 Å². The molecule has 1 aliphatic carbocycles. The van der Waals surface area contributed by atoms with E-state index in [1.165, 1.54) is 24.0 Å². The average molecular weight is 287 g/mol. The Bertz CT molecular complexity index is 509. The fourth-order valence-electron chi connectivity index (χ4n) is 3.25. The summed E-state index contributed by atoms with van der Waals surface area (Å²) in [6, 6.07) is 6.24. The van der Waals surface area contributed by atoms with E-state index in [4.69, 9.17) is 0 Å². The predicted molar refractivity (Wildman–Crippen MR) is 84.7 cm³/mol. The highest BCUT2D eigenvalue weighted by Crippen LogP contribution is 2.23. The first-order valence-electron chi connectivity index (χ1n) is 8.04. The molecule has 0 spiro atoms. The van der Waals surface area contributed by atoms with Crippen LogP contribution in [-0.4, -0.2) is 62.0 Å². The van der Waals surface area contributed by atoms with Gasteiger partial charge in [-0.2, -0.15) is 0 Å². The molecule has 0 atom stereocenters. The minimum absolute atomic E-state index is 0.153. The van der Waals surface area contributed by atoms with Crippen molar-refractivity contribution in [3.8, 4) is 0 Å². The number of likely N-dealkylation sites (N-methyl/N-ethyl adjacent to an activating group) is 1. The molecular formula is C17H25N3O. The molecule has 1 fully saturated rings. The fraction of sp³-hybridized carbons (Fsp3) is 0.588. The molecule has 1 N–H and O–H groups in total. The number of piperazine rings is 1. The highest BCUT2D eigenvalue weighted by molar-refractivity contribution is 5.94. The molecule has 1 aromatic carbocycles. The molecule has 4 nitrogen and oxygen atoms in total. The van der Waals surface area contributed by atoms with Crippen LogP contribution < -0.4 is 5.32 Å². The monoisotopic (exact) mass is 287 g/mol. The third-order valence-electron chi connectivity index (χ3n) is 4.65. The summed E-state index contributed by atoms with van der Waals surface area (Å²) in [6.07, 6.45) is 3.52. The first-order chi connectivity index (χ1) is 10.2. The summed E-state index contributed by atoms with van der Waals surface area (Å²) in [7, 11) is 1.91. The number of carbonyl (C=O) groups excluding carboxylic acids is 1. The van der Waals surface area contributed by atoms with E-state index in [-0.39, 0.29) is 5.91 Å². The molecular weight excluding hydrogens is 262 g/mol. The number of nitrogens with zero attached hydrogens (tertiary/aromatic N) is 2. The highest BCUT2D eigenvalue weighted by atomic mass is 16.2. The lowest BCUT2D eigenvalue weighted by Crippen LogP contribution is -2.46. The van der Waals surface area contributed by atoms with Crippen molar-refractivity contribution < 1.29 is 4.79 Å². The standard InChI is InChI=1S/C17H25N3O/c1-19(11-12-20-9-7-18-8-10-20)17(21)16-6-5-14-3-2-4-15(14)13-16/h5-6,13,18H,2-4,7-12H2,1H3. The van der Waals surface area contributed by atoms with Crippen molar-refractivity contribution in [1.29, 1.82) is 0 Å². The van der Waals surface area contributed by atoms with Gasteiger partial charge in [-0.25, -0.2) is 0 Å². The van der Waals surface area contributed by atoms with Crippen LogP contribution in [0.15, 0.2) is 18.2 Å². The van der Waals surface area contributed by atoms with Crippen LogP contribution in [0.4, 0.5) is 0 Å². The molecule has 114 valence electrons. The Morgan fingerprint density at radius 3 is 2.81 bits per heavy atom. The normalized spacial score (nSPS) is 18.5. The van der Waals surface area contributed by atoms with Crippen LogP contribution in [0.1, 0.15) is 27.9 Å². The van der Waals surface area contributed by atoms with Crippen LogP contribution in [0.25, 0.3) is 0 Å². The number of hydrogen-bond donors (Lipinski definition) is 1. The smallest absolute Gasteiger partial charge is 0.253 e. The molecule has 2 aliphatic rings. The Kier molecular flexibility index (Phi) is 4.56. The summed E-state index contributed by atoms with van der Waals surface area (Å²) < 4.78 is 0. The predicted octanol–water partition coefficient (Wildman–Crippen LogP) is 1.15.